The maximum atomic E-state index is 5.62. The van der Waals surface area contributed by atoms with E-state index in [0.717, 1.165) is 5.69 Å². The fourth-order valence-corrected chi connectivity index (χ4v) is 1.44. The predicted octanol–water partition coefficient (Wildman–Crippen LogP) is 0.463. The first-order valence-electron chi connectivity index (χ1n) is 5.40. The van der Waals surface area contributed by atoms with E-state index < -0.39 is 0 Å². The Kier molecular flexibility index (Phi) is 2.56. The van der Waals surface area contributed by atoms with Gasteiger partial charge in [0.2, 0.25) is 17.8 Å². The number of imidazole rings is 1. The Morgan fingerprint density at radius 1 is 1.32 bits per heavy atom. The Labute approximate surface area is 107 Å². The van der Waals surface area contributed by atoms with Crippen molar-refractivity contribution in [2.75, 3.05) is 5.73 Å². The number of nitrogens with zero attached hydrogens (tertiary/aromatic N) is 6. The lowest BCUT2D eigenvalue weighted by molar-refractivity contribution is 0.422. The highest BCUT2D eigenvalue weighted by Crippen LogP contribution is 2.17. The summed E-state index contributed by atoms with van der Waals surface area (Å²) in [5.74, 6) is 0.743. The maximum Gasteiger partial charge on any atom is 0.330 e. The molecule has 0 amide bonds. The van der Waals surface area contributed by atoms with Crippen molar-refractivity contribution >= 4 is 5.95 Å². The first-order valence-corrected chi connectivity index (χ1v) is 5.40. The summed E-state index contributed by atoms with van der Waals surface area (Å²) in [5.41, 5.74) is 6.49. The van der Waals surface area contributed by atoms with Crippen LogP contribution in [0.1, 0.15) is 5.69 Å². The van der Waals surface area contributed by atoms with Gasteiger partial charge >= 0.3 is 6.01 Å². The third-order valence-electron chi connectivity index (χ3n) is 2.23. The Morgan fingerprint density at radius 2 is 2.21 bits per heavy atom. The molecule has 96 valence electrons. The molecule has 0 aliphatic rings. The third kappa shape index (κ3) is 2.34. The van der Waals surface area contributed by atoms with Gasteiger partial charge in [0.1, 0.15) is 6.33 Å². The molecule has 3 heterocycles. The van der Waals surface area contributed by atoms with Crippen molar-refractivity contribution < 1.29 is 4.74 Å². The molecule has 0 saturated heterocycles. The maximum absolute atomic E-state index is 5.62. The first-order chi connectivity index (χ1) is 9.20. The Morgan fingerprint density at radius 3 is 2.89 bits per heavy atom. The van der Waals surface area contributed by atoms with Gasteiger partial charge in [0, 0.05) is 24.2 Å². The van der Waals surface area contributed by atoms with E-state index in [2.05, 4.69) is 30.1 Å². The summed E-state index contributed by atoms with van der Waals surface area (Å²) in [7, 11) is 0. The number of nitrogens with two attached hydrogens (primary N) is 1. The van der Waals surface area contributed by atoms with E-state index >= 15 is 0 Å². The van der Waals surface area contributed by atoms with E-state index in [1.54, 1.807) is 29.4 Å². The number of aromatic nitrogens is 7. The molecule has 0 aliphatic heterocycles. The fraction of sp³-hybridized carbons (Fsp3) is 0.100. The number of aryl methyl sites for hydroxylation is 1. The monoisotopic (exact) mass is 258 g/mol. The Hall–Kier alpha value is -2.97. The molecule has 3 aromatic heterocycles. The molecular weight excluding hydrogens is 248 g/mol. The molecule has 3 aromatic rings. The van der Waals surface area contributed by atoms with Gasteiger partial charge in [0.25, 0.3) is 0 Å². The minimum absolute atomic E-state index is 0.0564. The summed E-state index contributed by atoms with van der Waals surface area (Å²) in [6, 6.07) is 1.79. The van der Waals surface area contributed by atoms with Crippen LogP contribution in [0.4, 0.5) is 5.95 Å². The van der Waals surface area contributed by atoms with Crippen LogP contribution in [0.2, 0.25) is 0 Å². The minimum Gasteiger partial charge on any atom is -0.403 e. The molecule has 0 spiro atoms. The van der Waals surface area contributed by atoms with Crippen molar-refractivity contribution in [3.8, 4) is 17.8 Å². The van der Waals surface area contributed by atoms with Crippen LogP contribution in [0.5, 0.6) is 11.9 Å². The van der Waals surface area contributed by atoms with E-state index in [9.17, 15) is 0 Å². The van der Waals surface area contributed by atoms with Gasteiger partial charge in [-0.3, -0.25) is 9.67 Å². The van der Waals surface area contributed by atoms with E-state index in [4.69, 9.17) is 10.5 Å². The second-order valence-corrected chi connectivity index (χ2v) is 3.74. The zero-order valence-corrected chi connectivity index (χ0v) is 9.98. The molecule has 0 radical (unpaired) electrons. The standard InChI is InChI=1S/C10H10N8O/c1-6-4-7(17-16-6)19-10-14-8(11)13-9(15-10)18-3-2-12-5-18/h2-5H,1H3,(H,16,17)(H2,11,13,14,15). The SMILES string of the molecule is Cc1cc(Oc2nc(N)nc(-n3ccnc3)n2)n[nH]1. The van der Waals surface area contributed by atoms with Crippen LogP contribution in [-0.2, 0) is 0 Å². The summed E-state index contributed by atoms with van der Waals surface area (Å²) in [6.07, 6.45) is 4.85. The quantitative estimate of drug-likeness (QED) is 0.700. The molecule has 0 atom stereocenters. The van der Waals surface area contributed by atoms with Crippen LogP contribution in [0.25, 0.3) is 5.95 Å². The number of anilines is 1. The number of H-pyrrole nitrogens is 1. The summed E-state index contributed by atoms with van der Waals surface area (Å²) in [4.78, 5) is 15.9. The van der Waals surface area contributed by atoms with Gasteiger partial charge in [0.15, 0.2) is 0 Å². The first kappa shape index (κ1) is 11.1. The van der Waals surface area contributed by atoms with Crippen LogP contribution in [-0.4, -0.2) is 34.7 Å². The lowest BCUT2D eigenvalue weighted by atomic mass is 10.5. The molecule has 0 unspecified atom stereocenters. The normalized spacial score (nSPS) is 10.6. The number of nitrogens with one attached hydrogen (secondary N) is 1. The van der Waals surface area contributed by atoms with E-state index in [1.165, 1.54) is 0 Å². The fourth-order valence-electron chi connectivity index (χ4n) is 1.44. The molecular formula is C10H10N8O. The van der Waals surface area contributed by atoms with Crippen molar-refractivity contribution in [1.29, 1.82) is 0 Å². The smallest absolute Gasteiger partial charge is 0.330 e. The highest BCUT2D eigenvalue weighted by Gasteiger charge is 2.09. The van der Waals surface area contributed by atoms with Gasteiger partial charge in [0.05, 0.1) is 0 Å². The van der Waals surface area contributed by atoms with Crippen LogP contribution < -0.4 is 10.5 Å². The van der Waals surface area contributed by atoms with E-state index in [1.807, 2.05) is 6.92 Å². The van der Waals surface area contributed by atoms with Crippen molar-refractivity contribution in [3.05, 3.63) is 30.5 Å². The summed E-state index contributed by atoms with van der Waals surface area (Å²) in [5, 5.41) is 6.68. The van der Waals surface area contributed by atoms with Gasteiger partial charge in [-0.05, 0) is 6.92 Å². The molecule has 9 nitrogen and oxygen atoms in total. The van der Waals surface area contributed by atoms with Crippen molar-refractivity contribution in [3.63, 3.8) is 0 Å². The second-order valence-electron chi connectivity index (χ2n) is 3.74. The minimum atomic E-state index is 0.0564. The Balaban J connectivity index is 1.94. The number of nitrogen functional groups attached to an aromatic ring is 1. The molecule has 0 aliphatic carbocycles. The molecule has 9 heteroatoms. The zero-order valence-electron chi connectivity index (χ0n) is 9.98. The van der Waals surface area contributed by atoms with E-state index in [0.29, 0.717) is 11.8 Å². The largest absolute Gasteiger partial charge is 0.403 e. The van der Waals surface area contributed by atoms with Crippen LogP contribution in [0, 0.1) is 6.92 Å². The molecule has 3 N–H and O–H groups in total. The van der Waals surface area contributed by atoms with Crippen LogP contribution in [0.3, 0.4) is 0 Å². The summed E-state index contributed by atoms with van der Waals surface area (Å²) >= 11 is 0. The van der Waals surface area contributed by atoms with Crippen molar-refractivity contribution in [2.45, 2.75) is 6.92 Å². The van der Waals surface area contributed by atoms with Crippen LogP contribution in [0.15, 0.2) is 24.8 Å². The molecule has 3 rings (SSSR count). The number of hydrogen-bond donors (Lipinski definition) is 2. The van der Waals surface area contributed by atoms with E-state index in [-0.39, 0.29) is 12.0 Å². The number of ether oxygens (including phenoxy) is 1. The highest BCUT2D eigenvalue weighted by atomic mass is 16.5. The third-order valence-corrected chi connectivity index (χ3v) is 2.23. The molecule has 0 aromatic carbocycles. The van der Waals surface area contributed by atoms with Crippen molar-refractivity contribution in [2.24, 2.45) is 0 Å². The van der Waals surface area contributed by atoms with Gasteiger partial charge < -0.3 is 10.5 Å². The average molecular weight is 258 g/mol. The lowest BCUT2D eigenvalue weighted by Gasteiger charge is -2.04. The van der Waals surface area contributed by atoms with Gasteiger partial charge in [-0.15, -0.1) is 5.10 Å². The molecule has 19 heavy (non-hydrogen) atoms. The molecule has 0 saturated carbocycles. The number of rotatable bonds is 3. The predicted molar refractivity (Wildman–Crippen MR) is 64.8 cm³/mol. The molecule has 0 bridgehead atoms. The number of hydrogen-bond acceptors (Lipinski definition) is 7. The topological polar surface area (TPSA) is 120 Å². The highest BCUT2D eigenvalue weighted by molar-refractivity contribution is 5.27. The van der Waals surface area contributed by atoms with Gasteiger partial charge in [-0.25, -0.2) is 4.98 Å². The average Bonchev–Trinajstić information content (AvgIpc) is 3.00. The van der Waals surface area contributed by atoms with Crippen LogP contribution >= 0.6 is 0 Å². The second kappa shape index (κ2) is 4.37. The summed E-state index contributed by atoms with van der Waals surface area (Å²) in [6.45, 7) is 1.86. The number of aromatic amines is 1. The Bertz CT molecular complexity index is 689. The summed E-state index contributed by atoms with van der Waals surface area (Å²) < 4.78 is 7.00. The zero-order chi connectivity index (χ0) is 13.2. The molecule has 0 fully saturated rings. The lowest BCUT2D eigenvalue weighted by Crippen LogP contribution is -2.06. The van der Waals surface area contributed by atoms with Gasteiger partial charge in [-0.2, -0.15) is 15.0 Å². The van der Waals surface area contributed by atoms with Crippen molar-refractivity contribution in [1.82, 2.24) is 34.7 Å². The van der Waals surface area contributed by atoms with Gasteiger partial charge in [-0.1, -0.05) is 0 Å².